The van der Waals surface area contributed by atoms with Crippen molar-refractivity contribution in [2.24, 2.45) is 22.9 Å². The summed E-state index contributed by atoms with van der Waals surface area (Å²) in [4.78, 5) is 63.8. The highest BCUT2D eigenvalue weighted by Gasteiger charge is 2.57. The number of amides is 2. The number of hydrogen-bond acceptors (Lipinski definition) is 10. The number of nitrogens with two attached hydrogens (primary N) is 4. The molecule has 0 saturated carbocycles. The number of hydrogen-bond donors (Lipinski definition) is 9. The van der Waals surface area contributed by atoms with Gasteiger partial charge in [0, 0.05) is 50.6 Å². The molecule has 1 saturated heterocycles. The van der Waals surface area contributed by atoms with Crippen molar-refractivity contribution < 1.29 is 19.2 Å². The Morgan fingerprint density at radius 2 is 1.72 bits per heavy atom. The number of aldehydes is 1. The number of nitrogens with zero attached hydrogens (tertiary/aromatic N) is 3. The second-order valence-electron chi connectivity index (χ2n) is 10.6. The van der Waals surface area contributed by atoms with Gasteiger partial charge in [0.1, 0.15) is 6.04 Å². The SMILES string of the molecule is N=C(N)NCCC[C@H](NC(=O)[C@@H](N)CCCNC(=N)N)C(=O)N1CCC(c2cnccn2)[C@]1(C=O)C(=O)CCCCCN. The van der Waals surface area contributed by atoms with E-state index in [-0.39, 0.29) is 44.3 Å². The Morgan fingerprint density at radius 1 is 1.05 bits per heavy atom. The maximum absolute atomic E-state index is 14.2. The molecule has 0 radical (unpaired) electrons. The Labute approximate surface area is 251 Å². The molecule has 1 aromatic rings. The van der Waals surface area contributed by atoms with Gasteiger partial charge in [-0.25, -0.2) is 0 Å². The predicted octanol–water partition coefficient (Wildman–Crippen LogP) is -1.84. The Morgan fingerprint density at radius 3 is 2.30 bits per heavy atom. The number of carbonyl (C=O) groups excluding carboxylic acids is 4. The van der Waals surface area contributed by atoms with E-state index in [9.17, 15) is 19.2 Å². The molecule has 2 amide bonds. The van der Waals surface area contributed by atoms with Crippen molar-refractivity contribution in [2.75, 3.05) is 26.2 Å². The van der Waals surface area contributed by atoms with E-state index in [1.807, 2.05) is 0 Å². The number of unbranched alkanes of at least 4 members (excludes halogenated alkanes) is 2. The van der Waals surface area contributed by atoms with E-state index in [4.69, 9.17) is 33.8 Å². The van der Waals surface area contributed by atoms with Gasteiger partial charge in [0.2, 0.25) is 11.8 Å². The van der Waals surface area contributed by atoms with Crippen LogP contribution in [0.15, 0.2) is 18.6 Å². The fourth-order valence-corrected chi connectivity index (χ4v) is 5.30. The number of carbonyl (C=O) groups is 4. The average molecular weight is 603 g/mol. The van der Waals surface area contributed by atoms with Crippen LogP contribution >= 0.6 is 0 Å². The van der Waals surface area contributed by atoms with Crippen molar-refractivity contribution in [3.63, 3.8) is 0 Å². The molecule has 2 heterocycles. The third kappa shape index (κ3) is 9.95. The lowest BCUT2D eigenvalue weighted by molar-refractivity contribution is -0.150. The lowest BCUT2D eigenvalue weighted by Crippen LogP contribution is -2.62. The lowest BCUT2D eigenvalue weighted by atomic mass is 9.78. The van der Waals surface area contributed by atoms with E-state index in [0.29, 0.717) is 57.2 Å². The highest BCUT2D eigenvalue weighted by molar-refractivity contribution is 6.08. The molecule has 1 aliphatic rings. The molecule has 16 heteroatoms. The first-order valence-corrected chi connectivity index (χ1v) is 14.6. The number of Topliss-reactive ketones (excluding diaryl/α,β-unsaturated/α-hetero) is 1. The van der Waals surface area contributed by atoms with Crippen LogP contribution in [0.1, 0.15) is 69.4 Å². The van der Waals surface area contributed by atoms with Crippen LogP contribution < -0.4 is 38.9 Å². The second-order valence-corrected chi connectivity index (χ2v) is 10.6. The zero-order chi connectivity index (χ0) is 31.8. The van der Waals surface area contributed by atoms with Gasteiger partial charge in [0.05, 0.1) is 11.7 Å². The molecule has 1 unspecified atom stereocenters. The summed E-state index contributed by atoms with van der Waals surface area (Å²) < 4.78 is 0. The van der Waals surface area contributed by atoms with Crippen molar-refractivity contribution in [1.82, 2.24) is 30.8 Å². The van der Waals surface area contributed by atoms with Crippen molar-refractivity contribution in [3.05, 3.63) is 24.3 Å². The van der Waals surface area contributed by atoms with E-state index < -0.39 is 41.1 Å². The Bertz CT molecular complexity index is 1100. The molecule has 0 bridgehead atoms. The van der Waals surface area contributed by atoms with Crippen LogP contribution in [0.4, 0.5) is 0 Å². The zero-order valence-corrected chi connectivity index (χ0v) is 24.5. The maximum Gasteiger partial charge on any atom is 0.246 e. The van der Waals surface area contributed by atoms with Crippen LogP contribution in [-0.2, 0) is 19.2 Å². The first kappa shape index (κ1) is 35.0. The molecule has 2 rings (SSSR count). The van der Waals surface area contributed by atoms with Crippen molar-refractivity contribution >= 4 is 35.8 Å². The Kier molecular flexibility index (Phi) is 14.4. The largest absolute Gasteiger partial charge is 0.370 e. The predicted molar refractivity (Wildman–Crippen MR) is 161 cm³/mol. The summed E-state index contributed by atoms with van der Waals surface area (Å²) in [5.74, 6) is -2.71. The van der Waals surface area contributed by atoms with E-state index >= 15 is 0 Å². The van der Waals surface area contributed by atoms with Gasteiger partial charge in [-0.3, -0.25) is 35.2 Å². The summed E-state index contributed by atoms with van der Waals surface area (Å²) in [5, 5.41) is 22.6. The van der Waals surface area contributed by atoms with Crippen LogP contribution in [0.3, 0.4) is 0 Å². The fraction of sp³-hybridized carbons (Fsp3) is 0.630. The molecule has 0 aromatic carbocycles. The van der Waals surface area contributed by atoms with E-state index in [1.165, 1.54) is 23.5 Å². The average Bonchev–Trinajstić information content (AvgIpc) is 3.39. The smallest absolute Gasteiger partial charge is 0.246 e. The van der Waals surface area contributed by atoms with E-state index in [0.717, 1.165) is 6.42 Å². The van der Waals surface area contributed by atoms with Gasteiger partial charge in [-0.1, -0.05) is 6.42 Å². The second kappa shape index (κ2) is 17.7. The van der Waals surface area contributed by atoms with Crippen LogP contribution in [0.25, 0.3) is 0 Å². The molecule has 1 fully saturated rings. The number of nitrogens with one attached hydrogen (secondary N) is 5. The first-order valence-electron chi connectivity index (χ1n) is 14.6. The summed E-state index contributed by atoms with van der Waals surface area (Å²) in [6.07, 6.45) is 8.47. The van der Waals surface area contributed by atoms with Gasteiger partial charge >= 0.3 is 0 Å². The van der Waals surface area contributed by atoms with E-state index in [2.05, 4.69) is 25.9 Å². The van der Waals surface area contributed by atoms with Gasteiger partial charge in [0.25, 0.3) is 0 Å². The highest BCUT2D eigenvalue weighted by atomic mass is 16.2. The number of likely N-dealkylation sites (tertiary alicyclic amines) is 1. The standard InChI is InChI=1S/C27H46N12O4/c28-10-3-1-2-8-22(41)27(17-40)18(21-16-34-13-14-35-21)9-15-39(27)24(43)20(7-5-12-37-26(32)33)38-23(42)19(29)6-4-11-36-25(30)31/h13-14,16-20H,1-12,15,28-29H2,(H,38,42)(H4,30,31,36)(H4,32,33,37)/t18?,19-,20-,27+/m0/s1. The molecule has 1 aromatic heterocycles. The third-order valence-electron chi connectivity index (χ3n) is 7.50. The van der Waals surface area contributed by atoms with Gasteiger partial charge in [-0.15, -0.1) is 0 Å². The van der Waals surface area contributed by atoms with Crippen LogP contribution in [0.5, 0.6) is 0 Å². The number of rotatable bonds is 19. The molecule has 43 heavy (non-hydrogen) atoms. The molecule has 238 valence electrons. The van der Waals surface area contributed by atoms with Gasteiger partial charge < -0.3 is 48.6 Å². The topological polar surface area (TPSA) is 285 Å². The van der Waals surface area contributed by atoms with Crippen molar-refractivity contribution in [3.8, 4) is 0 Å². The normalized spacial score (nSPS) is 19.2. The third-order valence-corrected chi connectivity index (χ3v) is 7.50. The maximum atomic E-state index is 14.2. The van der Waals surface area contributed by atoms with Crippen LogP contribution in [-0.4, -0.2) is 94.5 Å². The summed E-state index contributed by atoms with van der Waals surface area (Å²) >= 11 is 0. The van der Waals surface area contributed by atoms with Gasteiger partial charge in [-0.2, -0.15) is 0 Å². The minimum atomic E-state index is -1.82. The monoisotopic (exact) mass is 602 g/mol. The van der Waals surface area contributed by atoms with E-state index in [1.54, 1.807) is 0 Å². The lowest BCUT2D eigenvalue weighted by Gasteiger charge is -2.38. The fourth-order valence-electron chi connectivity index (χ4n) is 5.30. The summed E-state index contributed by atoms with van der Waals surface area (Å²) in [6, 6.07) is -2.06. The Balaban J connectivity index is 2.34. The molecule has 0 spiro atoms. The Hall–Kier alpha value is -4.18. The molecule has 13 N–H and O–H groups in total. The van der Waals surface area contributed by atoms with Crippen molar-refractivity contribution in [2.45, 2.75) is 81.3 Å². The van der Waals surface area contributed by atoms with Gasteiger partial charge in [-0.05, 0) is 51.5 Å². The number of aromatic nitrogens is 2. The van der Waals surface area contributed by atoms with Crippen LogP contribution in [0.2, 0.25) is 0 Å². The molecular formula is C27H46N12O4. The summed E-state index contributed by atoms with van der Waals surface area (Å²) in [5.41, 5.74) is 20.9. The molecular weight excluding hydrogens is 556 g/mol. The molecule has 16 nitrogen and oxygen atoms in total. The first-order chi connectivity index (χ1) is 20.6. The highest BCUT2D eigenvalue weighted by Crippen LogP contribution is 2.42. The number of ketones is 1. The molecule has 4 atom stereocenters. The van der Waals surface area contributed by atoms with Gasteiger partial charge in [0.15, 0.2) is 29.5 Å². The van der Waals surface area contributed by atoms with Crippen LogP contribution in [0, 0.1) is 10.8 Å². The number of guanidine groups is 2. The quantitative estimate of drug-likeness (QED) is 0.0277. The minimum Gasteiger partial charge on any atom is -0.370 e. The molecule has 1 aliphatic heterocycles. The summed E-state index contributed by atoms with van der Waals surface area (Å²) in [7, 11) is 0. The zero-order valence-electron chi connectivity index (χ0n) is 24.5. The summed E-state index contributed by atoms with van der Waals surface area (Å²) in [6.45, 7) is 1.18. The molecule has 0 aliphatic carbocycles. The minimum absolute atomic E-state index is 0.0675. The van der Waals surface area contributed by atoms with Crippen molar-refractivity contribution in [1.29, 1.82) is 10.8 Å².